The van der Waals surface area contributed by atoms with Crippen molar-refractivity contribution < 1.29 is 0 Å². The van der Waals surface area contributed by atoms with Crippen molar-refractivity contribution in [2.24, 2.45) is 10.9 Å². The smallest absolute Gasteiger partial charge is 0.101 e. The third kappa shape index (κ3) is 3.52. The van der Waals surface area contributed by atoms with Gasteiger partial charge in [-0.1, -0.05) is 29.3 Å². The first-order chi connectivity index (χ1) is 12.2. The molecule has 25 heavy (non-hydrogen) atoms. The molecule has 2 aliphatic rings. The molecule has 0 aliphatic carbocycles. The zero-order chi connectivity index (χ0) is 17.2. The second-order valence-electron chi connectivity index (χ2n) is 6.56. The summed E-state index contributed by atoms with van der Waals surface area (Å²) in [5, 5.41) is 8.23. The first-order valence-corrected chi connectivity index (χ1v) is 9.38. The van der Waals surface area contributed by atoms with Gasteiger partial charge in [-0.3, -0.25) is 9.98 Å². The molecule has 3 heterocycles. The van der Waals surface area contributed by atoms with Crippen LogP contribution in [0.4, 0.5) is 0 Å². The van der Waals surface area contributed by atoms with Crippen molar-refractivity contribution in [3.8, 4) is 0 Å². The maximum absolute atomic E-state index is 6.25. The van der Waals surface area contributed by atoms with Crippen LogP contribution in [-0.2, 0) is 0 Å². The molecule has 2 N–H and O–H groups in total. The van der Waals surface area contributed by atoms with Crippen LogP contribution in [0.15, 0.2) is 47.7 Å². The SMILES string of the molecule is Clc1ccc(C2N=C(C3CCNCC3)NC2c2ccncc2)cc1Cl. The lowest BCUT2D eigenvalue weighted by molar-refractivity contribution is 0.449. The lowest BCUT2D eigenvalue weighted by atomic mass is 9.95. The zero-order valence-corrected chi connectivity index (χ0v) is 15.3. The summed E-state index contributed by atoms with van der Waals surface area (Å²) in [5.74, 6) is 1.60. The van der Waals surface area contributed by atoms with Gasteiger partial charge in [0.15, 0.2) is 0 Å². The maximum Gasteiger partial charge on any atom is 0.101 e. The van der Waals surface area contributed by atoms with Crippen LogP contribution in [0.5, 0.6) is 0 Å². The number of nitrogens with zero attached hydrogens (tertiary/aromatic N) is 2. The van der Waals surface area contributed by atoms with Gasteiger partial charge in [-0.15, -0.1) is 0 Å². The molecule has 0 amide bonds. The van der Waals surface area contributed by atoms with E-state index in [2.05, 4.69) is 15.6 Å². The Kier molecular flexibility index (Phi) is 4.93. The number of hydrogen-bond donors (Lipinski definition) is 2. The van der Waals surface area contributed by atoms with Gasteiger partial charge < -0.3 is 10.6 Å². The summed E-state index contributed by atoms with van der Waals surface area (Å²) in [6, 6.07) is 9.96. The summed E-state index contributed by atoms with van der Waals surface area (Å²) >= 11 is 12.3. The van der Waals surface area contributed by atoms with Crippen molar-refractivity contribution >= 4 is 29.0 Å². The molecule has 0 saturated carbocycles. The van der Waals surface area contributed by atoms with E-state index < -0.39 is 0 Å². The lowest BCUT2D eigenvalue weighted by Gasteiger charge is -2.24. The molecule has 2 unspecified atom stereocenters. The summed E-state index contributed by atoms with van der Waals surface area (Å²) in [6.07, 6.45) is 5.88. The van der Waals surface area contributed by atoms with Crippen LogP contribution in [0.2, 0.25) is 10.0 Å². The van der Waals surface area contributed by atoms with E-state index in [9.17, 15) is 0 Å². The van der Waals surface area contributed by atoms with E-state index in [1.54, 1.807) is 0 Å². The van der Waals surface area contributed by atoms with E-state index in [1.165, 1.54) is 5.56 Å². The van der Waals surface area contributed by atoms with Crippen LogP contribution in [0, 0.1) is 5.92 Å². The number of amidine groups is 1. The Morgan fingerprint density at radius 1 is 0.920 bits per heavy atom. The van der Waals surface area contributed by atoms with Crippen LogP contribution in [0.3, 0.4) is 0 Å². The average Bonchev–Trinajstić information content (AvgIpc) is 3.11. The zero-order valence-electron chi connectivity index (χ0n) is 13.8. The van der Waals surface area contributed by atoms with Gasteiger partial charge in [-0.25, -0.2) is 0 Å². The number of piperidine rings is 1. The quantitative estimate of drug-likeness (QED) is 0.847. The predicted octanol–water partition coefficient (Wildman–Crippen LogP) is 4.17. The Labute approximate surface area is 157 Å². The summed E-state index contributed by atoms with van der Waals surface area (Å²) in [4.78, 5) is 9.20. The number of pyridine rings is 1. The number of aliphatic imine (C=N–C) groups is 1. The molecule has 0 bridgehead atoms. The second kappa shape index (κ2) is 7.32. The monoisotopic (exact) mass is 374 g/mol. The molecule has 2 aromatic rings. The molecule has 1 saturated heterocycles. The number of nitrogens with one attached hydrogen (secondary N) is 2. The van der Waals surface area contributed by atoms with Gasteiger partial charge >= 0.3 is 0 Å². The van der Waals surface area contributed by atoms with Crippen molar-refractivity contribution in [3.63, 3.8) is 0 Å². The molecule has 1 aromatic heterocycles. The summed E-state index contributed by atoms with van der Waals surface area (Å²) < 4.78 is 0. The van der Waals surface area contributed by atoms with Crippen LogP contribution >= 0.6 is 23.2 Å². The first kappa shape index (κ1) is 16.8. The minimum atomic E-state index is -0.0120. The second-order valence-corrected chi connectivity index (χ2v) is 7.37. The summed E-state index contributed by atoms with van der Waals surface area (Å²) in [6.45, 7) is 2.09. The van der Waals surface area contributed by atoms with E-state index >= 15 is 0 Å². The molecular weight excluding hydrogens is 355 g/mol. The van der Waals surface area contributed by atoms with Gasteiger partial charge in [0.2, 0.25) is 0 Å². The van der Waals surface area contributed by atoms with Gasteiger partial charge in [0.1, 0.15) is 11.9 Å². The third-order valence-electron chi connectivity index (χ3n) is 4.97. The highest BCUT2D eigenvalue weighted by Crippen LogP contribution is 2.39. The van der Waals surface area contributed by atoms with Crippen LogP contribution in [-0.4, -0.2) is 23.9 Å². The molecule has 4 rings (SSSR count). The molecular formula is C19H20Cl2N4. The molecule has 1 aromatic carbocycles. The normalized spacial score (nSPS) is 24.0. The Morgan fingerprint density at radius 3 is 2.40 bits per heavy atom. The fraction of sp³-hybridized carbons (Fsp3) is 0.368. The molecule has 1 fully saturated rings. The van der Waals surface area contributed by atoms with E-state index in [0.717, 1.165) is 37.3 Å². The minimum absolute atomic E-state index is 0.0120. The Bertz CT molecular complexity index is 772. The Hall–Kier alpha value is -1.62. The largest absolute Gasteiger partial charge is 0.364 e. The van der Waals surface area contributed by atoms with Crippen LogP contribution in [0.25, 0.3) is 0 Å². The number of benzene rings is 1. The third-order valence-corrected chi connectivity index (χ3v) is 5.71. The van der Waals surface area contributed by atoms with E-state index in [0.29, 0.717) is 16.0 Å². The van der Waals surface area contributed by atoms with E-state index in [1.807, 2.05) is 42.7 Å². The van der Waals surface area contributed by atoms with Gasteiger partial charge in [-0.2, -0.15) is 0 Å². The van der Waals surface area contributed by atoms with Crippen LogP contribution in [0.1, 0.15) is 36.1 Å². The van der Waals surface area contributed by atoms with Crippen molar-refractivity contribution in [3.05, 3.63) is 63.9 Å². The lowest BCUT2D eigenvalue weighted by Crippen LogP contribution is -2.37. The minimum Gasteiger partial charge on any atom is -0.364 e. The van der Waals surface area contributed by atoms with Crippen LogP contribution < -0.4 is 10.6 Å². The molecule has 4 nitrogen and oxygen atoms in total. The molecule has 0 radical (unpaired) electrons. The molecule has 0 spiro atoms. The fourth-order valence-corrected chi connectivity index (χ4v) is 3.92. The topological polar surface area (TPSA) is 49.3 Å². The van der Waals surface area contributed by atoms with Crippen molar-refractivity contribution in [2.75, 3.05) is 13.1 Å². The number of hydrogen-bond acceptors (Lipinski definition) is 4. The molecule has 6 heteroatoms. The molecule has 2 aliphatic heterocycles. The highest BCUT2D eigenvalue weighted by molar-refractivity contribution is 6.42. The number of halogens is 2. The first-order valence-electron chi connectivity index (χ1n) is 8.62. The fourth-order valence-electron chi connectivity index (χ4n) is 3.62. The van der Waals surface area contributed by atoms with Gasteiger partial charge in [0.05, 0.1) is 16.1 Å². The van der Waals surface area contributed by atoms with Gasteiger partial charge in [0.25, 0.3) is 0 Å². The highest BCUT2D eigenvalue weighted by atomic mass is 35.5. The summed E-state index contributed by atoms with van der Waals surface area (Å²) in [5.41, 5.74) is 2.26. The van der Waals surface area contributed by atoms with E-state index in [-0.39, 0.29) is 12.1 Å². The maximum atomic E-state index is 6.25. The Balaban J connectivity index is 1.69. The molecule has 130 valence electrons. The van der Waals surface area contributed by atoms with Crippen molar-refractivity contribution in [1.29, 1.82) is 0 Å². The van der Waals surface area contributed by atoms with Crippen molar-refractivity contribution in [1.82, 2.24) is 15.6 Å². The standard InChI is InChI=1S/C19H20Cl2N4/c20-15-2-1-14(11-16(15)21)18-17(12-3-7-22-8-4-12)24-19(25-18)13-5-9-23-10-6-13/h1-4,7-8,11,13,17-18,23H,5-6,9-10H2,(H,24,25). The van der Waals surface area contributed by atoms with E-state index in [4.69, 9.17) is 28.2 Å². The van der Waals surface area contributed by atoms with Gasteiger partial charge in [0, 0.05) is 18.3 Å². The van der Waals surface area contributed by atoms with Crippen molar-refractivity contribution in [2.45, 2.75) is 24.9 Å². The Morgan fingerprint density at radius 2 is 1.68 bits per heavy atom. The molecule has 2 atom stereocenters. The van der Waals surface area contributed by atoms with Gasteiger partial charge in [-0.05, 0) is 61.3 Å². The number of rotatable bonds is 3. The highest BCUT2D eigenvalue weighted by Gasteiger charge is 2.34. The predicted molar refractivity (Wildman–Crippen MR) is 102 cm³/mol. The average molecular weight is 375 g/mol. The summed E-state index contributed by atoms with van der Waals surface area (Å²) in [7, 11) is 0. The number of aromatic nitrogens is 1.